The molecule has 2 aromatic rings. The predicted octanol–water partition coefficient (Wildman–Crippen LogP) is 1.76. The van der Waals surface area contributed by atoms with Crippen LogP contribution in [0.4, 0.5) is 5.69 Å². The van der Waals surface area contributed by atoms with E-state index in [-0.39, 0.29) is 12.5 Å². The average Bonchev–Trinajstić information content (AvgIpc) is 2.77. The minimum Gasteiger partial charge on any atom is -0.399 e. The predicted molar refractivity (Wildman–Crippen MR) is 68.3 cm³/mol. The van der Waals surface area contributed by atoms with Crippen molar-refractivity contribution >= 4 is 5.69 Å². The molecule has 4 heteroatoms. The average molecular weight is 231 g/mol. The quantitative estimate of drug-likeness (QED) is 0.788. The number of benzene rings is 1. The fourth-order valence-electron chi connectivity index (χ4n) is 1.79. The second-order valence-electron chi connectivity index (χ2n) is 4.32. The normalized spacial score (nSPS) is 12.6. The third-order valence-electron chi connectivity index (χ3n) is 2.68. The summed E-state index contributed by atoms with van der Waals surface area (Å²) in [5.41, 5.74) is 7.49. The van der Waals surface area contributed by atoms with Gasteiger partial charge in [0.1, 0.15) is 5.82 Å². The smallest absolute Gasteiger partial charge is 0.139 e. The van der Waals surface area contributed by atoms with Gasteiger partial charge in [0, 0.05) is 36.8 Å². The highest BCUT2D eigenvalue weighted by Crippen LogP contribution is 2.20. The Morgan fingerprint density at radius 1 is 1.47 bits per heavy atom. The third-order valence-corrected chi connectivity index (χ3v) is 2.68. The fraction of sp³-hybridized carbons (Fsp3) is 0.308. The lowest BCUT2D eigenvalue weighted by Crippen LogP contribution is -2.11. The van der Waals surface area contributed by atoms with Gasteiger partial charge in [0.15, 0.2) is 0 Å². The minimum atomic E-state index is 0.175. The first-order chi connectivity index (χ1) is 8.20. The molecule has 0 fully saturated rings. The van der Waals surface area contributed by atoms with Crippen molar-refractivity contribution in [3.63, 3.8) is 0 Å². The van der Waals surface area contributed by atoms with Crippen LogP contribution in [0.25, 0.3) is 11.4 Å². The number of aromatic nitrogens is 2. The summed E-state index contributed by atoms with van der Waals surface area (Å²) in [4.78, 5) is 4.34. The van der Waals surface area contributed by atoms with Crippen LogP contribution >= 0.6 is 0 Å². The summed E-state index contributed by atoms with van der Waals surface area (Å²) in [6.07, 6.45) is 3.69. The molecule has 0 aliphatic heterocycles. The molecule has 1 atom stereocenters. The summed E-state index contributed by atoms with van der Waals surface area (Å²) < 4.78 is 2.04. The molecule has 17 heavy (non-hydrogen) atoms. The number of rotatable bonds is 4. The Kier molecular flexibility index (Phi) is 3.44. The maximum Gasteiger partial charge on any atom is 0.139 e. The second kappa shape index (κ2) is 5.01. The van der Waals surface area contributed by atoms with Crippen LogP contribution in [0, 0.1) is 5.92 Å². The van der Waals surface area contributed by atoms with Crippen LogP contribution in [0.5, 0.6) is 0 Å². The van der Waals surface area contributed by atoms with E-state index in [4.69, 9.17) is 10.8 Å². The lowest BCUT2D eigenvalue weighted by atomic mass is 10.1. The molecule has 90 valence electrons. The monoisotopic (exact) mass is 231 g/mol. The Morgan fingerprint density at radius 3 is 3.00 bits per heavy atom. The maximum atomic E-state index is 9.09. The number of nitrogens with two attached hydrogens (primary N) is 1. The van der Waals surface area contributed by atoms with Crippen LogP contribution < -0.4 is 5.73 Å². The molecule has 0 amide bonds. The topological polar surface area (TPSA) is 64.1 Å². The molecular weight excluding hydrogens is 214 g/mol. The largest absolute Gasteiger partial charge is 0.399 e. The summed E-state index contributed by atoms with van der Waals surface area (Å²) >= 11 is 0. The summed E-state index contributed by atoms with van der Waals surface area (Å²) in [5.74, 6) is 1.10. The van der Waals surface area contributed by atoms with E-state index in [1.165, 1.54) is 0 Å². The van der Waals surface area contributed by atoms with Crippen molar-refractivity contribution in [3.05, 3.63) is 36.7 Å². The molecule has 1 unspecified atom stereocenters. The first-order valence-electron chi connectivity index (χ1n) is 5.68. The number of anilines is 1. The molecule has 2 rings (SSSR count). The molecule has 3 N–H and O–H groups in total. The van der Waals surface area contributed by atoms with Crippen LogP contribution in [0.3, 0.4) is 0 Å². The molecule has 1 aromatic heterocycles. The SMILES string of the molecule is CC(CO)Cn1ccnc1-c1cccc(N)c1. The lowest BCUT2D eigenvalue weighted by Gasteiger charge is -2.12. The van der Waals surface area contributed by atoms with Gasteiger partial charge in [-0.15, -0.1) is 0 Å². The van der Waals surface area contributed by atoms with Gasteiger partial charge in [-0.2, -0.15) is 0 Å². The molecule has 0 saturated carbocycles. The van der Waals surface area contributed by atoms with Crippen molar-refractivity contribution < 1.29 is 5.11 Å². The molecule has 0 spiro atoms. The van der Waals surface area contributed by atoms with Crippen LogP contribution in [-0.4, -0.2) is 21.3 Å². The molecule has 0 radical (unpaired) electrons. The van der Waals surface area contributed by atoms with Crippen molar-refractivity contribution in [3.8, 4) is 11.4 Å². The molecule has 1 heterocycles. The molecule has 1 aromatic carbocycles. The molecule has 0 saturated heterocycles. The van der Waals surface area contributed by atoms with Gasteiger partial charge in [0.25, 0.3) is 0 Å². The van der Waals surface area contributed by atoms with Crippen LogP contribution in [0.2, 0.25) is 0 Å². The van der Waals surface area contributed by atoms with E-state index in [1.54, 1.807) is 6.20 Å². The second-order valence-corrected chi connectivity index (χ2v) is 4.32. The van der Waals surface area contributed by atoms with E-state index in [0.717, 1.165) is 23.6 Å². The Labute approximate surface area is 101 Å². The van der Waals surface area contributed by atoms with Crippen molar-refractivity contribution in [1.29, 1.82) is 0 Å². The van der Waals surface area contributed by atoms with Gasteiger partial charge >= 0.3 is 0 Å². The molecule has 0 bridgehead atoms. The van der Waals surface area contributed by atoms with Gasteiger partial charge in [-0.25, -0.2) is 4.98 Å². The fourth-order valence-corrected chi connectivity index (χ4v) is 1.79. The minimum absolute atomic E-state index is 0.175. The van der Waals surface area contributed by atoms with Crippen LogP contribution in [0.1, 0.15) is 6.92 Å². The van der Waals surface area contributed by atoms with Crippen LogP contribution in [0.15, 0.2) is 36.7 Å². The van der Waals surface area contributed by atoms with Crippen molar-refractivity contribution in [2.45, 2.75) is 13.5 Å². The highest BCUT2D eigenvalue weighted by Gasteiger charge is 2.08. The van der Waals surface area contributed by atoms with Crippen molar-refractivity contribution in [2.24, 2.45) is 5.92 Å². The molecular formula is C13H17N3O. The van der Waals surface area contributed by atoms with Gasteiger partial charge < -0.3 is 15.4 Å². The standard InChI is InChI=1S/C13H17N3O/c1-10(9-17)8-16-6-5-15-13(16)11-3-2-4-12(14)7-11/h2-7,10,17H,8-9,14H2,1H3. The molecule has 0 aliphatic rings. The highest BCUT2D eigenvalue weighted by molar-refractivity contribution is 5.61. The zero-order chi connectivity index (χ0) is 12.3. The van der Waals surface area contributed by atoms with Gasteiger partial charge in [-0.05, 0) is 18.1 Å². The van der Waals surface area contributed by atoms with Crippen molar-refractivity contribution in [1.82, 2.24) is 9.55 Å². The van der Waals surface area contributed by atoms with E-state index < -0.39 is 0 Å². The first-order valence-corrected chi connectivity index (χ1v) is 5.68. The molecule has 0 aliphatic carbocycles. The van der Waals surface area contributed by atoms with E-state index in [2.05, 4.69) is 4.98 Å². The van der Waals surface area contributed by atoms with E-state index >= 15 is 0 Å². The summed E-state index contributed by atoms with van der Waals surface area (Å²) in [7, 11) is 0. The third kappa shape index (κ3) is 2.65. The Hall–Kier alpha value is -1.81. The number of hydrogen-bond acceptors (Lipinski definition) is 3. The Morgan fingerprint density at radius 2 is 2.29 bits per heavy atom. The highest BCUT2D eigenvalue weighted by atomic mass is 16.3. The number of aliphatic hydroxyl groups is 1. The summed E-state index contributed by atoms with van der Waals surface area (Å²) in [6.45, 7) is 2.93. The van der Waals surface area contributed by atoms with E-state index in [9.17, 15) is 0 Å². The Bertz CT molecular complexity index is 493. The maximum absolute atomic E-state index is 9.09. The first kappa shape index (κ1) is 11.7. The van der Waals surface area contributed by atoms with Gasteiger partial charge in [-0.3, -0.25) is 0 Å². The number of hydrogen-bond donors (Lipinski definition) is 2. The number of imidazole rings is 1. The van der Waals surface area contributed by atoms with Crippen LogP contribution in [-0.2, 0) is 6.54 Å². The van der Waals surface area contributed by atoms with E-state index in [0.29, 0.717) is 0 Å². The number of nitrogens with zero attached hydrogens (tertiary/aromatic N) is 2. The van der Waals surface area contributed by atoms with Gasteiger partial charge in [0.05, 0.1) is 0 Å². The lowest BCUT2D eigenvalue weighted by molar-refractivity contribution is 0.223. The number of nitrogen functional groups attached to an aromatic ring is 1. The van der Waals surface area contributed by atoms with E-state index in [1.807, 2.05) is 42.0 Å². The zero-order valence-corrected chi connectivity index (χ0v) is 9.87. The zero-order valence-electron chi connectivity index (χ0n) is 9.87. The van der Waals surface area contributed by atoms with Crippen molar-refractivity contribution in [2.75, 3.05) is 12.3 Å². The summed E-state index contributed by atoms with van der Waals surface area (Å²) in [6, 6.07) is 7.66. The van der Waals surface area contributed by atoms with Gasteiger partial charge in [-0.1, -0.05) is 19.1 Å². The van der Waals surface area contributed by atoms with Gasteiger partial charge in [0.2, 0.25) is 0 Å². The Balaban J connectivity index is 2.30. The summed E-state index contributed by atoms with van der Waals surface area (Å²) in [5, 5.41) is 9.09. The number of aliphatic hydroxyl groups excluding tert-OH is 1. The molecule has 4 nitrogen and oxygen atoms in total.